The molecule has 2 fully saturated rings. The third-order valence-electron chi connectivity index (χ3n) is 6.79. The van der Waals surface area contributed by atoms with E-state index in [-0.39, 0.29) is 17.8 Å². The number of morpholine rings is 1. The van der Waals surface area contributed by atoms with Gasteiger partial charge in [0.25, 0.3) is 5.91 Å². The van der Waals surface area contributed by atoms with Crippen molar-refractivity contribution in [3.63, 3.8) is 0 Å². The zero-order chi connectivity index (χ0) is 24.8. The van der Waals surface area contributed by atoms with Crippen LogP contribution in [-0.2, 0) is 23.7 Å². The van der Waals surface area contributed by atoms with Crippen molar-refractivity contribution in [2.45, 2.75) is 51.4 Å². The molecule has 2 unspecified atom stereocenters. The highest BCUT2D eigenvalue weighted by Gasteiger charge is 2.33. The summed E-state index contributed by atoms with van der Waals surface area (Å²) >= 11 is 0. The van der Waals surface area contributed by atoms with E-state index in [4.69, 9.17) is 18.9 Å². The Morgan fingerprint density at radius 1 is 1.14 bits per heavy atom. The standard InChI is InChI=1S/C27H39FN2O5/c1-19(2)15-30(17-21-6-8-23-25(14-21)34-11-4-10-33-23)27(31)26-18-29(9-12-35-26)16-20-5-7-22(28)24(13-20)32-3/h5-8,19,24-26H,4,9-18H2,1-3H3/t24-,25?,26?/m1/s1. The highest BCUT2D eigenvalue weighted by Crippen LogP contribution is 2.27. The average Bonchev–Trinajstić information content (AvgIpc) is 3.09. The lowest BCUT2D eigenvalue weighted by Crippen LogP contribution is -2.52. The Balaban J connectivity index is 1.38. The van der Waals surface area contributed by atoms with Crippen LogP contribution < -0.4 is 0 Å². The first-order valence-corrected chi connectivity index (χ1v) is 12.8. The second-order valence-corrected chi connectivity index (χ2v) is 10.2. The third kappa shape index (κ3) is 7.03. The van der Waals surface area contributed by atoms with Crippen LogP contribution in [0.1, 0.15) is 33.1 Å². The number of nitrogens with zero attached hydrogens (tertiary/aromatic N) is 2. The minimum Gasteiger partial charge on any atom is -0.495 e. The van der Waals surface area contributed by atoms with Crippen molar-refractivity contribution in [1.82, 2.24) is 9.80 Å². The predicted octanol–water partition coefficient (Wildman–Crippen LogP) is 3.39. The smallest absolute Gasteiger partial charge is 0.253 e. The van der Waals surface area contributed by atoms with Gasteiger partial charge in [-0.1, -0.05) is 31.6 Å². The lowest BCUT2D eigenvalue weighted by atomic mass is 9.99. The Bertz CT molecular complexity index is 881. The number of hydrogen-bond donors (Lipinski definition) is 0. The van der Waals surface area contributed by atoms with Gasteiger partial charge in [0.1, 0.15) is 29.9 Å². The van der Waals surface area contributed by atoms with E-state index < -0.39 is 12.2 Å². The Hall–Kier alpha value is -2.00. The average molecular weight is 491 g/mol. The van der Waals surface area contributed by atoms with Gasteiger partial charge in [-0.2, -0.15) is 0 Å². The van der Waals surface area contributed by atoms with E-state index in [2.05, 4.69) is 24.8 Å². The van der Waals surface area contributed by atoms with Crippen molar-refractivity contribution in [2.24, 2.45) is 5.92 Å². The van der Waals surface area contributed by atoms with Gasteiger partial charge in [-0.25, -0.2) is 4.39 Å². The molecule has 194 valence electrons. The first-order chi connectivity index (χ1) is 16.9. The third-order valence-corrected chi connectivity index (χ3v) is 6.79. The fraction of sp³-hybridized carbons (Fsp3) is 0.667. The Morgan fingerprint density at radius 2 is 1.97 bits per heavy atom. The van der Waals surface area contributed by atoms with Crippen LogP contribution in [0.2, 0.25) is 0 Å². The van der Waals surface area contributed by atoms with Gasteiger partial charge in [0.05, 0.1) is 19.8 Å². The van der Waals surface area contributed by atoms with E-state index in [1.54, 1.807) is 0 Å². The molecule has 0 aromatic rings. The molecule has 0 aromatic carbocycles. The van der Waals surface area contributed by atoms with Crippen molar-refractivity contribution in [3.8, 4) is 0 Å². The number of carbonyl (C=O) groups is 1. The number of methoxy groups -OCH3 is 1. The van der Waals surface area contributed by atoms with E-state index in [0.717, 1.165) is 36.3 Å². The SMILES string of the molecule is CO[C@@H]1CC(CN2CCOC(C(=O)N(CC3=CC=C4OCCCOC4C3)CC(C)C)C2)=CC=C1F. The van der Waals surface area contributed by atoms with E-state index in [1.807, 2.05) is 17.1 Å². The molecule has 4 rings (SSSR count). The zero-order valence-corrected chi connectivity index (χ0v) is 21.2. The lowest BCUT2D eigenvalue weighted by Gasteiger charge is -2.37. The molecule has 8 heteroatoms. The molecule has 2 aliphatic carbocycles. The number of allylic oxidation sites excluding steroid dienone is 4. The van der Waals surface area contributed by atoms with Crippen LogP contribution in [0, 0.1) is 5.92 Å². The first kappa shape index (κ1) is 26.1. The summed E-state index contributed by atoms with van der Waals surface area (Å²) in [4.78, 5) is 17.8. The predicted molar refractivity (Wildman–Crippen MR) is 131 cm³/mol. The quantitative estimate of drug-likeness (QED) is 0.520. The van der Waals surface area contributed by atoms with Gasteiger partial charge in [-0.15, -0.1) is 0 Å². The van der Waals surface area contributed by atoms with Crippen molar-refractivity contribution in [1.29, 1.82) is 0 Å². The fourth-order valence-corrected chi connectivity index (χ4v) is 5.01. The van der Waals surface area contributed by atoms with Crippen LogP contribution in [0.4, 0.5) is 4.39 Å². The molecule has 0 saturated carbocycles. The molecule has 2 aliphatic heterocycles. The molecular formula is C27H39FN2O5. The molecule has 0 radical (unpaired) electrons. The van der Waals surface area contributed by atoms with Crippen LogP contribution >= 0.6 is 0 Å². The molecule has 2 saturated heterocycles. The molecule has 0 aromatic heterocycles. The topological polar surface area (TPSA) is 60.5 Å². The molecule has 2 heterocycles. The number of carbonyl (C=O) groups excluding carboxylic acids is 1. The summed E-state index contributed by atoms with van der Waals surface area (Å²) in [6.45, 7) is 9.30. The highest BCUT2D eigenvalue weighted by atomic mass is 19.1. The Kier molecular flexibility index (Phi) is 9.16. The molecular weight excluding hydrogens is 451 g/mol. The van der Waals surface area contributed by atoms with Crippen molar-refractivity contribution in [3.05, 3.63) is 47.0 Å². The maximum absolute atomic E-state index is 13.9. The van der Waals surface area contributed by atoms with E-state index in [9.17, 15) is 9.18 Å². The summed E-state index contributed by atoms with van der Waals surface area (Å²) in [5, 5.41) is 0. The first-order valence-electron chi connectivity index (χ1n) is 12.8. The molecule has 7 nitrogen and oxygen atoms in total. The van der Waals surface area contributed by atoms with E-state index >= 15 is 0 Å². The molecule has 4 aliphatic rings. The summed E-state index contributed by atoms with van der Waals surface area (Å²) in [5.41, 5.74) is 2.27. The van der Waals surface area contributed by atoms with Gasteiger partial charge in [0.2, 0.25) is 0 Å². The maximum Gasteiger partial charge on any atom is 0.253 e. The van der Waals surface area contributed by atoms with Crippen LogP contribution in [0.25, 0.3) is 0 Å². The minimum absolute atomic E-state index is 0.0236. The minimum atomic E-state index is -0.517. The molecule has 3 atom stereocenters. The van der Waals surface area contributed by atoms with Gasteiger partial charge in [-0.05, 0) is 23.6 Å². The highest BCUT2D eigenvalue weighted by molar-refractivity contribution is 5.81. The van der Waals surface area contributed by atoms with Gasteiger partial charge >= 0.3 is 0 Å². The van der Waals surface area contributed by atoms with Crippen LogP contribution in [0.5, 0.6) is 0 Å². The number of rotatable bonds is 8. The molecule has 0 spiro atoms. The zero-order valence-electron chi connectivity index (χ0n) is 21.2. The summed E-state index contributed by atoms with van der Waals surface area (Å²) in [7, 11) is 1.53. The van der Waals surface area contributed by atoms with E-state index in [1.165, 1.54) is 13.2 Å². The molecule has 1 amide bonds. The summed E-state index contributed by atoms with van der Waals surface area (Å²) in [6.07, 6.45) is 8.47. The number of hydrogen-bond acceptors (Lipinski definition) is 6. The van der Waals surface area contributed by atoms with E-state index in [0.29, 0.717) is 58.3 Å². The number of ether oxygens (including phenoxy) is 4. The second kappa shape index (κ2) is 12.3. The van der Waals surface area contributed by atoms with Gasteiger partial charge in [-0.3, -0.25) is 9.69 Å². The summed E-state index contributed by atoms with van der Waals surface area (Å²) in [5.74, 6) is 1.01. The maximum atomic E-state index is 13.9. The Morgan fingerprint density at radius 3 is 2.77 bits per heavy atom. The van der Waals surface area contributed by atoms with Crippen LogP contribution in [-0.4, -0.2) is 93.7 Å². The van der Waals surface area contributed by atoms with Crippen molar-refractivity contribution >= 4 is 5.91 Å². The second-order valence-electron chi connectivity index (χ2n) is 10.2. The number of fused-ring (bicyclic) bond motifs is 1. The Labute approximate surface area is 208 Å². The van der Waals surface area contributed by atoms with Gasteiger partial charge in [0, 0.05) is 59.1 Å². The largest absolute Gasteiger partial charge is 0.495 e. The summed E-state index contributed by atoms with van der Waals surface area (Å²) < 4.78 is 36.8. The monoisotopic (exact) mass is 490 g/mol. The van der Waals surface area contributed by atoms with Crippen molar-refractivity contribution in [2.75, 3.05) is 59.7 Å². The van der Waals surface area contributed by atoms with Gasteiger partial charge < -0.3 is 23.8 Å². The van der Waals surface area contributed by atoms with Crippen LogP contribution in [0.15, 0.2) is 47.0 Å². The fourth-order valence-electron chi connectivity index (χ4n) is 5.01. The van der Waals surface area contributed by atoms with Crippen LogP contribution in [0.3, 0.4) is 0 Å². The normalized spacial score (nSPS) is 27.6. The van der Waals surface area contributed by atoms with Gasteiger partial charge in [0.15, 0.2) is 0 Å². The number of halogens is 1. The van der Waals surface area contributed by atoms with Crippen molar-refractivity contribution < 1.29 is 28.1 Å². The molecule has 0 N–H and O–H groups in total. The number of amides is 1. The molecule has 0 bridgehead atoms. The molecule has 35 heavy (non-hydrogen) atoms. The lowest BCUT2D eigenvalue weighted by molar-refractivity contribution is -0.149. The summed E-state index contributed by atoms with van der Waals surface area (Å²) in [6, 6.07) is 0.